The van der Waals surface area contributed by atoms with Crippen LogP contribution in [0.25, 0.3) is 28.2 Å². The minimum absolute atomic E-state index is 0.150. The van der Waals surface area contributed by atoms with Gasteiger partial charge >= 0.3 is 5.97 Å². The molecule has 11 heteroatoms. The number of hydrogen-bond acceptors (Lipinski definition) is 8. The quantitative estimate of drug-likeness (QED) is 0.230. The molecule has 224 valence electrons. The molecule has 0 amide bonds. The maximum absolute atomic E-state index is 12.8. The first-order valence-electron chi connectivity index (χ1n) is 15.5. The van der Waals surface area contributed by atoms with Crippen LogP contribution in [0.2, 0.25) is 0 Å². The Morgan fingerprint density at radius 2 is 1.75 bits per heavy atom. The van der Waals surface area contributed by atoms with Crippen LogP contribution in [0.4, 0.5) is 11.8 Å². The number of carboxylic acid groups (broad SMARTS) is 1. The summed E-state index contributed by atoms with van der Waals surface area (Å²) in [7, 11) is 0. The Morgan fingerprint density at radius 3 is 2.48 bits per heavy atom. The van der Waals surface area contributed by atoms with E-state index in [0.29, 0.717) is 39.8 Å². The average Bonchev–Trinajstić information content (AvgIpc) is 3.52. The third kappa shape index (κ3) is 4.53. The van der Waals surface area contributed by atoms with Gasteiger partial charge in [0.25, 0.3) is 0 Å². The molecule has 4 saturated carbocycles. The first-order valence-corrected chi connectivity index (χ1v) is 15.5. The van der Waals surface area contributed by atoms with Gasteiger partial charge in [0.2, 0.25) is 5.95 Å². The van der Waals surface area contributed by atoms with E-state index in [1.54, 1.807) is 29.1 Å². The molecule has 5 heterocycles. The summed E-state index contributed by atoms with van der Waals surface area (Å²) in [6, 6.07) is 5.48. The number of fused-ring (bicyclic) bond motifs is 2. The number of nitrogens with zero attached hydrogens (tertiary/aromatic N) is 8. The topological polar surface area (TPSA) is 136 Å². The lowest BCUT2D eigenvalue weighted by Gasteiger charge is -2.48. The fourth-order valence-electron chi connectivity index (χ4n) is 8.63. The zero-order valence-electron chi connectivity index (χ0n) is 24.9. The van der Waals surface area contributed by atoms with Crippen LogP contribution in [0, 0.1) is 37.0 Å². The van der Waals surface area contributed by atoms with E-state index < -0.39 is 5.97 Å². The van der Waals surface area contributed by atoms with Gasteiger partial charge < -0.3 is 10.4 Å². The van der Waals surface area contributed by atoms with Gasteiger partial charge in [-0.15, -0.1) is 10.2 Å². The highest BCUT2D eigenvalue weighted by molar-refractivity contribution is 6.02. The van der Waals surface area contributed by atoms with Gasteiger partial charge in [-0.3, -0.25) is 9.08 Å². The number of anilines is 2. The Morgan fingerprint density at radius 1 is 1.00 bits per heavy atom. The Labute approximate surface area is 254 Å². The van der Waals surface area contributed by atoms with E-state index >= 15 is 0 Å². The number of aryl methyl sites for hydroxylation is 1. The Bertz CT molecular complexity index is 1880. The number of rotatable bonds is 7. The van der Waals surface area contributed by atoms with E-state index in [1.165, 1.54) is 44.9 Å². The first-order chi connectivity index (χ1) is 21.4. The van der Waals surface area contributed by atoms with E-state index in [2.05, 4.69) is 42.1 Å². The van der Waals surface area contributed by atoms with Gasteiger partial charge in [0.05, 0.1) is 18.1 Å². The number of carboxylic acids is 1. The van der Waals surface area contributed by atoms with Gasteiger partial charge in [-0.05, 0) is 92.9 Å². The zero-order valence-corrected chi connectivity index (χ0v) is 24.9. The van der Waals surface area contributed by atoms with Crippen molar-refractivity contribution in [2.24, 2.45) is 23.2 Å². The van der Waals surface area contributed by atoms with Crippen molar-refractivity contribution in [3.63, 3.8) is 0 Å². The van der Waals surface area contributed by atoms with Gasteiger partial charge in [-0.2, -0.15) is 5.10 Å². The number of nitrogens with one attached hydrogen (secondary N) is 1. The van der Waals surface area contributed by atoms with Gasteiger partial charge in [0, 0.05) is 42.0 Å². The second-order valence-corrected chi connectivity index (χ2v) is 13.3. The third-order valence-corrected chi connectivity index (χ3v) is 10.3. The molecular weight excluding hydrogens is 554 g/mol. The standard InChI is InChI=1S/C33H35N9O2/c1-19-10-26(39-40-29(19)38-32-34-7-3-8-35-32)27-17-36-30-28(31(43)44)24(6-9-41(27)30)25-16-37-42(20(25)2)18-33-13-21-4-5-22(14-33)12-23(11-21)15-33/h3,6-10,16-17,21-23H,4-5,11-15,18H2,1-2H3,(H,43,44)(H,34,35,38,40). The van der Waals surface area contributed by atoms with E-state index in [0.717, 1.165) is 41.1 Å². The lowest BCUT2D eigenvalue weighted by atomic mass is 9.58. The molecule has 4 aliphatic carbocycles. The number of hydrogen-bond donors (Lipinski definition) is 2. The number of aromatic carboxylic acids is 1. The van der Waals surface area contributed by atoms with E-state index in [1.807, 2.05) is 31.5 Å². The largest absolute Gasteiger partial charge is 0.478 e. The molecular formula is C33H35N9O2. The number of pyridine rings is 1. The van der Waals surface area contributed by atoms with Crippen LogP contribution >= 0.6 is 0 Å². The molecule has 2 atom stereocenters. The minimum Gasteiger partial charge on any atom is -0.478 e. The number of carbonyl (C=O) groups is 1. The lowest BCUT2D eigenvalue weighted by Crippen LogP contribution is -2.40. The van der Waals surface area contributed by atoms with Crippen molar-refractivity contribution in [1.29, 1.82) is 0 Å². The summed E-state index contributed by atoms with van der Waals surface area (Å²) in [5.41, 5.74) is 5.36. The summed E-state index contributed by atoms with van der Waals surface area (Å²) in [5.74, 6) is 2.51. The van der Waals surface area contributed by atoms with Crippen LogP contribution in [0.3, 0.4) is 0 Å². The second kappa shape index (κ2) is 10.2. The lowest BCUT2D eigenvalue weighted by molar-refractivity contribution is 0.0169. The molecule has 5 aromatic rings. The summed E-state index contributed by atoms with van der Waals surface area (Å²) < 4.78 is 3.91. The normalized spacial score (nSPS) is 24.1. The van der Waals surface area contributed by atoms with Crippen LogP contribution in [0.1, 0.15) is 66.6 Å². The summed E-state index contributed by atoms with van der Waals surface area (Å²) >= 11 is 0. The molecule has 4 aliphatic rings. The molecule has 0 radical (unpaired) electrons. The van der Waals surface area contributed by atoms with E-state index in [9.17, 15) is 9.90 Å². The van der Waals surface area contributed by atoms with Crippen molar-refractivity contribution < 1.29 is 9.90 Å². The van der Waals surface area contributed by atoms with Crippen LogP contribution in [0.15, 0.2) is 49.2 Å². The van der Waals surface area contributed by atoms with Gasteiger partial charge in [-0.25, -0.2) is 19.7 Å². The fraction of sp³-hybridized carbons (Fsp3) is 0.424. The molecule has 5 aromatic heterocycles. The van der Waals surface area contributed by atoms with Crippen LogP contribution in [-0.4, -0.2) is 50.4 Å². The zero-order chi connectivity index (χ0) is 30.0. The van der Waals surface area contributed by atoms with Gasteiger partial charge in [0.15, 0.2) is 11.5 Å². The molecule has 9 rings (SSSR count). The molecule has 0 saturated heterocycles. The van der Waals surface area contributed by atoms with Crippen molar-refractivity contribution >= 4 is 23.4 Å². The predicted molar refractivity (Wildman–Crippen MR) is 164 cm³/mol. The molecule has 2 N–H and O–H groups in total. The van der Waals surface area contributed by atoms with Crippen molar-refractivity contribution in [3.05, 3.63) is 66.0 Å². The van der Waals surface area contributed by atoms with Crippen LogP contribution < -0.4 is 5.32 Å². The van der Waals surface area contributed by atoms with Crippen molar-refractivity contribution in [3.8, 4) is 22.5 Å². The SMILES string of the molecule is Cc1cc(-c2cnc3c(C(=O)O)c(-c4cnn(CC56CC7CCC(CC(C7)C5)C6)c4C)ccn23)nnc1Nc1ncccn1. The highest BCUT2D eigenvalue weighted by atomic mass is 16.4. The Kier molecular flexibility index (Phi) is 6.25. The van der Waals surface area contributed by atoms with E-state index in [-0.39, 0.29) is 5.56 Å². The highest BCUT2D eigenvalue weighted by Crippen LogP contribution is 2.58. The number of aromatic nitrogens is 8. The molecule has 2 unspecified atom stereocenters. The van der Waals surface area contributed by atoms with E-state index in [4.69, 9.17) is 5.10 Å². The van der Waals surface area contributed by atoms with Crippen molar-refractivity contribution in [2.75, 3.05) is 5.32 Å². The molecule has 0 aromatic carbocycles. The molecule has 11 nitrogen and oxygen atoms in total. The summed E-state index contributed by atoms with van der Waals surface area (Å²) in [6.07, 6.45) is 18.1. The average molecular weight is 590 g/mol. The molecule has 0 spiro atoms. The summed E-state index contributed by atoms with van der Waals surface area (Å²) in [6.45, 7) is 4.90. The molecule has 4 fully saturated rings. The molecule has 44 heavy (non-hydrogen) atoms. The molecule has 4 bridgehead atoms. The summed E-state index contributed by atoms with van der Waals surface area (Å²) in [4.78, 5) is 25.7. The second-order valence-electron chi connectivity index (χ2n) is 13.3. The summed E-state index contributed by atoms with van der Waals surface area (Å²) in [5, 5.41) is 27.1. The smallest absolute Gasteiger partial charge is 0.340 e. The van der Waals surface area contributed by atoms with Gasteiger partial charge in [-0.1, -0.05) is 12.8 Å². The third-order valence-electron chi connectivity index (χ3n) is 10.3. The van der Waals surface area contributed by atoms with Crippen molar-refractivity contribution in [2.45, 2.75) is 65.3 Å². The van der Waals surface area contributed by atoms with Crippen molar-refractivity contribution in [1.82, 2.24) is 39.3 Å². The Balaban J connectivity index is 1.12. The predicted octanol–water partition coefficient (Wildman–Crippen LogP) is 6.11. The fourth-order valence-corrected chi connectivity index (χ4v) is 8.63. The molecule has 0 aliphatic heterocycles. The Hall–Kier alpha value is -4.67. The number of imidazole rings is 1. The monoisotopic (exact) mass is 589 g/mol. The van der Waals surface area contributed by atoms with Crippen LogP contribution in [0.5, 0.6) is 0 Å². The maximum atomic E-state index is 12.8. The first kappa shape index (κ1) is 26.9. The maximum Gasteiger partial charge on any atom is 0.340 e. The highest BCUT2D eigenvalue weighted by Gasteiger charge is 2.48. The van der Waals surface area contributed by atoms with Gasteiger partial charge in [0.1, 0.15) is 11.3 Å². The minimum atomic E-state index is -1.03. The van der Waals surface area contributed by atoms with Crippen LogP contribution in [-0.2, 0) is 6.54 Å².